The maximum atomic E-state index is 10.3. The highest BCUT2D eigenvalue weighted by molar-refractivity contribution is 7.26. The van der Waals surface area contributed by atoms with Gasteiger partial charge in [-0.1, -0.05) is 231 Å². The van der Waals surface area contributed by atoms with Crippen molar-refractivity contribution in [2.24, 2.45) is 0 Å². The summed E-state index contributed by atoms with van der Waals surface area (Å²) in [5.74, 6) is 0. The number of hydrogen-bond acceptors (Lipinski definition) is 4. The molecule has 548 valence electrons. The molecule has 0 spiro atoms. The van der Waals surface area contributed by atoms with Crippen LogP contribution in [0.15, 0.2) is 405 Å². The highest BCUT2D eigenvalue weighted by atomic mass is 32.1. The van der Waals surface area contributed by atoms with Crippen molar-refractivity contribution in [3.05, 3.63) is 412 Å². The first-order valence-electron chi connectivity index (χ1n) is 39.8. The van der Waals surface area contributed by atoms with Crippen molar-refractivity contribution in [2.75, 3.05) is 0 Å². The maximum absolute atomic E-state index is 10.3. The van der Waals surface area contributed by atoms with E-state index in [2.05, 4.69) is 388 Å². The molecule has 0 atom stereocenters. The Balaban J connectivity index is 0.000000138. The van der Waals surface area contributed by atoms with Crippen LogP contribution in [0.1, 0.15) is 11.1 Å². The van der Waals surface area contributed by atoms with Crippen LogP contribution in [0.2, 0.25) is 0 Å². The molecule has 6 heterocycles. The minimum atomic E-state index is 0.627. The summed E-state index contributed by atoms with van der Waals surface area (Å²) in [7, 11) is 0. The number of hydrogen-bond donors (Lipinski definition) is 0. The van der Waals surface area contributed by atoms with Crippen LogP contribution in [0.5, 0.6) is 0 Å². The number of thiophene rings is 1. The number of rotatable bonds is 10. The Hall–Kier alpha value is -15.8. The average Bonchev–Trinajstić information content (AvgIpc) is 1.59. The second-order valence-corrected chi connectivity index (χ2v) is 31.5. The number of nitrogens with zero attached hydrogens (tertiary/aromatic N) is 6. The van der Waals surface area contributed by atoms with Crippen molar-refractivity contribution < 1.29 is 4.42 Å². The van der Waals surface area contributed by atoms with E-state index in [1.54, 1.807) is 0 Å². The zero-order valence-electron chi connectivity index (χ0n) is 63.6. The third kappa shape index (κ3) is 11.1. The van der Waals surface area contributed by atoms with E-state index in [1.165, 1.54) is 85.7 Å². The van der Waals surface area contributed by atoms with Crippen molar-refractivity contribution in [2.45, 2.75) is 0 Å². The van der Waals surface area contributed by atoms with Crippen LogP contribution in [-0.2, 0) is 0 Å². The number of para-hydroxylation sites is 7. The van der Waals surface area contributed by atoms with E-state index >= 15 is 0 Å². The molecule has 6 aromatic heterocycles. The molecule has 0 saturated heterocycles. The number of fused-ring (bicyclic) bond motifs is 18. The van der Waals surface area contributed by atoms with Crippen molar-refractivity contribution >= 4 is 141 Å². The Bertz CT molecular complexity index is 8340. The first kappa shape index (κ1) is 67.8. The zero-order chi connectivity index (χ0) is 78.1. The highest BCUT2D eigenvalue weighted by Crippen LogP contribution is 2.47. The molecular weight excluding hydrogens is 1450 g/mol. The number of benzene rings is 18. The third-order valence-corrected chi connectivity index (χ3v) is 25.1. The topological polar surface area (TPSA) is 80.4 Å². The summed E-state index contributed by atoms with van der Waals surface area (Å²) >= 11 is 1.87. The fraction of sp³-hybridized carbons (Fsp3) is 0. The fourth-order valence-electron chi connectivity index (χ4n) is 18.5. The molecule has 7 nitrogen and oxygen atoms in total. The van der Waals surface area contributed by atoms with Gasteiger partial charge in [-0.05, 0) is 231 Å². The lowest BCUT2D eigenvalue weighted by Crippen LogP contribution is -1.94. The molecule has 0 saturated carbocycles. The van der Waals surface area contributed by atoms with E-state index in [1.807, 2.05) is 53.8 Å². The number of nitriles is 2. The van der Waals surface area contributed by atoms with Gasteiger partial charge in [0.2, 0.25) is 0 Å². The van der Waals surface area contributed by atoms with E-state index in [0.717, 1.165) is 133 Å². The lowest BCUT2D eigenvalue weighted by molar-refractivity contribution is 0.670. The summed E-state index contributed by atoms with van der Waals surface area (Å²) in [6, 6.07) is 148. The highest BCUT2D eigenvalue weighted by Gasteiger charge is 2.23. The molecule has 0 radical (unpaired) electrons. The summed E-state index contributed by atoms with van der Waals surface area (Å²) in [4.78, 5) is 0. The lowest BCUT2D eigenvalue weighted by atomic mass is 9.94. The number of aromatic nitrogens is 4. The van der Waals surface area contributed by atoms with Gasteiger partial charge < -0.3 is 22.7 Å². The molecule has 118 heavy (non-hydrogen) atoms. The van der Waals surface area contributed by atoms with Gasteiger partial charge >= 0.3 is 0 Å². The van der Waals surface area contributed by atoms with Gasteiger partial charge in [0.15, 0.2) is 0 Å². The van der Waals surface area contributed by atoms with Crippen LogP contribution < -0.4 is 0 Å². The molecule has 0 bridgehead atoms. The van der Waals surface area contributed by atoms with Crippen LogP contribution in [-0.4, -0.2) is 18.3 Å². The standard InChI is InChI=1S/C55H33N3O.C55H33N3S/c56-34-35-11-8-16-42(29-35)58-52-27-24-39(32-48(52)49-33-40(25-28-53(49)58)43-19-10-20-46-45-18-5-7-22-54(45)59-55(43)46)37-13-9-12-36(30-37)38-23-26-51-47(31-38)44-17-4-6-21-50(44)57(51)41-14-2-1-3-15-41;56-34-35-28-39(36-23-26-51-48(31-36)44-16-7-9-20-50(44)57(51)41-12-3-1-4-13-41)30-40(29-35)37-24-27-52-49(32-37)45-25-22-38(33-53(45)58(52)42-14-5-2-6-15-42)43-18-11-19-47-46-17-8-10-21-54(46)59-55(43)47/h2*1-33H. The van der Waals surface area contributed by atoms with E-state index in [-0.39, 0.29) is 0 Å². The Labute approximate surface area is 682 Å². The van der Waals surface area contributed by atoms with Crippen LogP contribution in [0, 0.1) is 22.7 Å². The van der Waals surface area contributed by atoms with Gasteiger partial charge in [-0.25, -0.2) is 0 Å². The largest absolute Gasteiger partial charge is 0.455 e. The normalized spacial score (nSPS) is 11.7. The van der Waals surface area contributed by atoms with E-state index < -0.39 is 0 Å². The van der Waals surface area contributed by atoms with Gasteiger partial charge in [0.25, 0.3) is 0 Å². The minimum absolute atomic E-state index is 0.627. The Kier molecular flexibility index (Phi) is 15.8. The molecule has 18 aromatic carbocycles. The van der Waals surface area contributed by atoms with Crippen LogP contribution in [0.3, 0.4) is 0 Å². The Morgan fingerprint density at radius 2 is 0.585 bits per heavy atom. The molecule has 8 heteroatoms. The summed E-state index contributed by atoms with van der Waals surface area (Å²) in [6.07, 6.45) is 0. The molecule has 0 aliphatic heterocycles. The van der Waals surface area contributed by atoms with E-state index in [4.69, 9.17) is 4.42 Å². The summed E-state index contributed by atoms with van der Waals surface area (Å²) in [5.41, 5.74) is 30.0. The van der Waals surface area contributed by atoms with Gasteiger partial charge in [0.05, 0.1) is 67.4 Å². The van der Waals surface area contributed by atoms with E-state index in [9.17, 15) is 10.5 Å². The van der Waals surface area contributed by atoms with Gasteiger partial charge in [-0.15, -0.1) is 11.3 Å². The average molecular weight is 1520 g/mol. The minimum Gasteiger partial charge on any atom is -0.455 e. The molecule has 0 N–H and O–H groups in total. The second-order valence-electron chi connectivity index (χ2n) is 30.5. The smallest absolute Gasteiger partial charge is 0.143 e. The van der Waals surface area contributed by atoms with Gasteiger partial charge in [-0.2, -0.15) is 10.5 Å². The van der Waals surface area contributed by atoms with Crippen molar-refractivity contribution in [3.63, 3.8) is 0 Å². The second kappa shape index (κ2) is 27.5. The van der Waals surface area contributed by atoms with Crippen LogP contribution in [0.25, 0.3) is 219 Å². The maximum Gasteiger partial charge on any atom is 0.143 e. The lowest BCUT2D eigenvalue weighted by Gasteiger charge is -2.11. The molecule has 0 fully saturated rings. The van der Waals surface area contributed by atoms with Crippen molar-refractivity contribution in [1.82, 2.24) is 18.3 Å². The van der Waals surface area contributed by atoms with Gasteiger partial charge in [0, 0.05) is 102 Å². The number of furan rings is 1. The molecule has 24 rings (SSSR count). The predicted octanol–water partition coefficient (Wildman–Crippen LogP) is 29.8. The van der Waals surface area contributed by atoms with Gasteiger partial charge in [-0.3, -0.25) is 0 Å². The monoisotopic (exact) mass is 1520 g/mol. The SMILES string of the molecule is N#Cc1cc(-c2ccc3c(c2)c2ccccc2n3-c2ccccc2)cc(-c2ccc3c(c2)c2ccc(-c4cccc5c4sc4ccccc45)cc2n3-c2ccccc2)c1.N#Cc1cccc(-n2c3ccc(-c4cccc(-c5ccc6c(c5)c5ccccc5n6-c5ccccc5)c4)cc3c3cc(-c4cccc5c4oc4ccccc45)ccc32)c1. The summed E-state index contributed by atoms with van der Waals surface area (Å²) in [6.45, 7) is 0. The molecule has 0 aliphatic rings. The quantitative estimate of drug-likeness (QED) is 0.137. The molecule has 0 unspecified atom stereocenters. The van der Waals surface area contributed by atoms with Crippen LogP contribution in [0.4, 0.5) is 0 Å². The van der Waals surface area contributed by atoms with Crippen molar-refractivity contribution in [3.8, 4) is 102 Å². The summed E-state index contributed by atoms with van der Waals surface area (Å²) < 4.78 is 18.5. The molecular formula is C110H66N6OS. The zero-order valence-corrected chi connectivity index (χ0v) is 64.4. The molecule has 24 aromatic rings. The first-order valence-corrected chi connectivity index (χ1v) is 40.6. The third-order valence-electron chi connectivity index (χ3n) is 23.8. The first-order chi connectivity index (χ1) is 58.4. The van der Waals surface area contributed by atoms with Crippen molar-refractivity contribution in [1.29, 1.82) is 10.5 Å². The molecule has 0 amide bonds. The molecule has 0 aliphatic carbocycles. The van der Waals surface area contributed by atoms with E-state index in [0.29, 0.717) is 11.1 Å². The predicted molar refractivity (Wildman–Crippen MR) is 492 cm³/mol. The Morgan fingerprint density at radius 3 is 1.15 bits per heavy atom. The summed E-state index contributed by atoms with van der Waals surface area (Å²) in [5, 5.41) is 34.5. The van der Waals surface area contributed by atoms with Crippen LogP contribution >= 0.6 is 11.3 Å². The fourth-order valence-corrected chi connectivity index (χ4v) is 19.7. The Morgan fingerprint density at radius 1 is 0.212 bits per heavy atom. The van der Waals surface area contributed by atoms with Gasteiger partial charge in [0.1, 0.15) is 11.2 Å².